The number of anilines is 1. The van der Waals surface area contributed by atoms with Gasteiger partial charge < -0.3 is 9.64 Å². The third kappa shape index (κ3) is 5.82. The third-order valence-electron chi connectivity index (χ3n) is 5.95. The maximum Gasteiger partial charge on any atom is 0.264 e. The molecule has 0 saturated heterocycles. The van der Waals surface area contributed by atoms with E-state index in [4.69, 9.17) is 9.72 Å². The van der Waals surface area contributed by atoms with Gasteiger partial charge in [0.2, 0.25) is 11.9 Å². The van der Waals surface area contributed by atoms with Gasteiger partial charge in [0.05, 0.1) is 17.7 Å². The number of hydrogen-bond acceptors (Lipinski definition) is 5. The number of imidazole rings is 1. The van der Waals surface area contributed by atoms with Crippen LogP contribution in [0.15, 0.2) is 109 Å². The van der Waals surface area contributed by atoms with E-state index in [-0.39, 0.29) is 18.4 Å². The molecule has 8 heteroatoms. The number of aromatic nitrogens is 2. The number of ether oxygens (including phenoxy) is 1. The quantitative estimate of drug-likeness (QED) is 0.262. The van der Waals surface area contributed by atoms with E-state index in [0.29, 0.717) is 23.1 Å². The largest absolute Gasteiger partial charge is 0.497 e. The summed E-state index contributed by atoms with van der Waals surface area (Å²) in [5.74, 6) is 0.591. The van der Waals surface area contributed by atoms with Gasteiger partial charge in [0, 0.05) is 24.0 Å². The first-order valence-corrected chi connectivity index (χ1v) is 12.9. The van der Waals surface area contributed by atoms with Crippen LogP contribution in [0, 0.1) is 0 Å². The van der Waals surface area contributed by atoms with Gasteiger partial charge in [-0.05, 0) is 53.4 Å². The van der Waals surface area contributed by atoms with Crippen molar-refractivity contribution in [2.75, 3.05) is 19.0 Å². The van der Waals surface area contributed by atoms with E-state index in [0.717, 1.165) is 22.6 Å². The molecule has 0 fully saturated rings. The lowest BCUT2D eigenvalue weighted by Crippen LogP contribution is -2.37. The number of para-hydroxylation sites is 1. The van der Waals surface area contributed by atoms with Crippen molar-refractivity contribution in [3.05, 3.63) is 119 Å². The first-order chi connectivity index (χ1) is 18.6. The number of thiophene rings is 1. The number of benzene rings is 3. The lowest BCUT2D eigenvalue weighted by atomic mass is 10.1. The Morgan fingerprint density at radius 1 is 0.921 bits per heavy atom. The highest BCUT2D eigenvalue weighted by Crippen LogP contribution is 2.26. The summed E-state index contributed by atoms with van der Waals surface area (Å²) < 4.78 is 7.10. The first kappa shape index (κ1) is 25.0. The van der Waals surface area contributed by atoms with E-state index >= 15 is 0 Å². The molecule has 0 saturated carbocycles. The van der Waals surface area contributed by atoms with Gasteiger partial charge in [0.15, 0.2) is 0 Å². The van der Waals surface area contributed by atoms with E-state index in [1.807, 2.05) is 107 Å². The minimum absolute atomic E-state index is 0.120. The van der Waals surface area contributed by atoms with Gasteiger partial charge in [-0.25, -0.2) is 4.98 Å². The van der Waals surface area contributed by atoms with Crippen molar-refractivity contribution in [1.82, 2.24) is 14.5 Å². The Balaban J connectivity index is 1.42. The summed E-state index contributed by atoms with van der Waals surface area (Å²) in [6.45, 7) is 0.195. The molecule has 7 nitrogen and oxygen atoms in total. The van der Waals surface area contributed by atoms with Crippen molar-refractivity contribution < 1.29 is 14.3 Å². The van der Waals surface area contributed by atoms with Crippen molar-refractivity contribution in [1.29, 1.82) is 0 Å². The minimum atomic E-state index is -0.338. The summed E-state index contributed by atoms with van der Waals surface area (Å²) >= 11 is 1.36. The zero-order valence-electron chi connectivity index (χ0n) is 20.8. The zero-order valence-corrected chi connectivity index (χ0v) is 21.6. The maximum atomic E-state index is 13.3. The Morgan fingerprint density at radius 2 is 1.63 bits per heavy atom. The highest BCUT2D eigenvalue weighted by molar-refractivity contribution is 7.12. The number of nitrogens with zero attached hydrogens (tertiary/aromatic N) is 3. The molecule has 0 spiro atoms. The van der Waals surface area contributed by atoms with Crippen LogP contribution in [0.1, 0.15) is 15.2 Å². The molecule has 0 atom stereocenters. The standard InChI is InChI=1S/C30H26N4O3S/c1-37-25-16-14-23(15-17-25)26-20-34(24-11-6-3-7-12-24)30(31-26)32-28(35)21-33(19-22-9-4-2-5-10-22)29(36)27-13-8-18-38-27/h2-18,20H,19,21H2,1H3,(H,31,32,35). The molecule has 0 aliphatic carbocycles. The average molecular weight is 523 g/mol. The summed E-state index contributed by atoms with van der Waals surface area (Å²) in [4.78, 5) is 33.4. The predicted octanol–water partition coefficient (Wildman–Crippen LogP) is 5.89. The lowest BCUT2D eigenvalue weighted by Gasteiger charge is -2.22. The molecule has 0 aliphatic heterocycles. The van der Waals surface area contributed by atoms with E-state index in [1.165, 1.54) is 11.3 Å². The molecular formula is C30H26N4O3S. The number of carbonyl (C=O) groups excluding carboxylic acids is 2. The number of nitrogens with one attached hydrogen (secondary N) is 1. The van der Waals surface area contributed by atoms with E-state index in [2.05, 4.69) is 5.32 Å². The van der Waals surface area contributed by atoms with Crippen LogP contribution in [0.25, 0.3) is 16.9 Å². The number of methoxy groups -OCH3 is 1. The highest BCUT2D eigenvalue weighted by Gasteiger charge is 2.22. The van der Waals surface area contributed by atoms with Crippen LogP contribution in [-0.2, 0) is 11.3 Å². The predicted molar refractivity (Wildman–Crippen MR) is 150 cm³/mol. The van der Waals surface area contributed by atoms with E-state index in [1.54, 1.807) is 18.1 Å². The van der Waals surface area contributed by atoms with Gasteiger partial charge in [-0.1, -0.05) is 54.6 Å². The van der Waals surface area contributed by atoms with Crippen molar-refractivity contribution >= 4 is 29.1 Å². The fourth-order valence-corrected chi connectivity index (χ4v) is 4.74. The zero-order chi connectivity index (χ0) is 26.3. The smallest absolute Gasteiger partial charge is 0.264 e. The fourth-order valence-electron chi connectivity index (χ4n) is 4.05. The highest BCUT2D eigenvalue weighted by atomic mass is 32.1. The molecule has 0 unspecified atom stereocenters. The molecule has 5 aromatic rings. The Kier molecular flexibility index (Phi) is 7.61. The molecule has 2 amide bonds. The van der Waals surface area contributed by atoms with Crippen LogP contribution in [0.2, 0.25) is 0 Å². The number of amides is 2. The van der Waals surface area contributed by atoms with Crippen LogP contribution in [-0.4, -0.2) is 39.9 Å². The lowest BCUT2D eigenvalue weighted by molar-refractivity contribution is -0.117. The molecule has 1 N–H and O–H groups in total. The van der Waals surface area contributed by atoms with Gasteiger partial charge >= 0.3 is 0 Å². The average Bonchev–Trinajstić information content (AvgIpc) is 3.64. The fraction of sp³-hybridized carbons (Fsp3) is 0.100. The van der Waals surface area contributed by atoms with E-state index in [9.17, 15) is 9.59 Å². The molecule has 2 heterocycles. The van der Waals surface area contributed by atoms with Gasteiger partial charge in [-0.2, -0.15) is 0 Å². The molecular weight excluding hydrogens is 496 g/mol. The number of hydrogen-bond donors (Lipinski definition) is 1. The van der Waals surface area contributed by atoms with Gasteiger partial charge in [0.25, 0.3) is 5.91 Å². The summed E-state index contributed by atoms with van der Waals surface area (Å²) in [6, 6.07) is 30.5. The van der Waals surface area contributed by atoms with Crippen LogP contribution in [0.4, 0.5) is 5.95 Å². The third-order valence-corrected chi connectivity index (χ3v) is 6.81. The first-order valence-electron chi connectivity index (χ1n) is 12.1. The SMILES string of the molecule is COc1ccc(-c2cn(-c3ccccc3)c(NC(=O)CN(Cc3ccccc3)C(=O)c3cccs3)n2)cc1. The van der Waals surface area contributed by atoms with Gasteiger partial charge in [-0.15, -0.1) is 11.3 Å². The summed E-state index contributed by atoms with van der Waals surface area (Å²) in [7, 11) is 1.62. The number of carbonyl (C=O) groups is 2. The van der Waals surface area contributed by atoms with Gasteiger partial charge in [0.1, 0.15) is 12.3 Å². The molecule has 5 rings (SSSR count). The van der Waals surface area contributed by atoms with Crippen molar-refractivity contribution in [3.63, 3.8) is 0 Å². The van der Waals surface area contributed by atoms with E-state index < -0.39 is 0 Å². The Labute approximate surface area is 225 Å². The Bertz CT molecular complexity index is 1500. The van der Waals surface area contributed by atoms with Crippen LogP contribution in [0.5, 0.6) is 5.75 Å². The van der Waals surface area contributed by atoms with Crippen molar-refractivity contribution in [3.8, 4) is 22.7 Å². The molecule has 3 aromatic carbocycles. The second kappa shape index (κ2) is 11.6. The number of rotatable bonds is 9. The minimum Gasteiger partial charge on any atom is -0.497 e. The molecule has 38 heavy (non-hydrogen) atoms. The van der Waals surface area contributed by atoms with Crippen molar-refractivity contribution in [2.45, 2.75) is 6.54 Å². The molecule has 190 valence electrons. The molecule has 2 aromatic heterocycles. The normalized spacial score (nSPS) is 10.7. The topological polar surface area (TPSA) is 76.5 Å². The molecule has 0 aliphatic rings. The van der Waals surface area contributed by atoms with Crippen LogP contribution in [0.3, 0.4) is 0 Å². The van der Waals surface area contributed by atoms with Crippen LogP contribution >= 0.6 is 11.3 Å². The van der Waals surface area contributed by atoms with Crippen LogP contribution < -0.4 is 10.1 Å². The van der Waals surface area contributed by atoms with Gasteiger partial charge in [-0.3, -0.25) is 19.5 Å². The second-order valence-corrected chi connectivity index (χ2v) is 9.50. The molecule has 0 radical (unpaired) electrons. The Morgan fingerprint density at radius 3 is 2.29 bits per heavy atom. The summed E-state index contributed by atoms with van der Waals surface area (Å²) in [6.07, 6.45) is 1.88. The summed E-state index contributed by atoms with van der Waals surface area (Å²) in [5, 5.41) is 4.79. The van der Waals surface area contributed by atoms with Crippen molar-refractivity contribution in [2.24, 2.45) is 0 Å². The monoisotopic (exact) mass is 522 g/mol. The summed E-state index contributed by atoms with van der Waals surface area (Å²) in [5.41, 5.74) is 3.38. The molecule has 0 bridgehead atoms. The Hall–Kier alpha value is -4.69. The maximum absolute atomic E-state index is 13.3. The second-order valence-electron chi connectivity index (χ2n) is 8.56.